The Morgan fingerprint density at radius 3 is 2.41 bits per heavy atom. The van der Waals surface area contributed by atoms with Crippen LogP contribution in [0.15, 0.2) is 4.99 Å². The molecule has 1 saturated carbocycles. The van der Waals surface area contributed by atoms with Crippen LogP contribution in [0.25, 0.3) is 0 Å². The molecule has 2 aliphatic heterocycles. The minimum absolute atomic E-state index is 0. The third-order valence-corrected chi connectivity index (χ3v) is 8.06. The molecule has 8 heteroatoms. The van der Waals surface area contributed by atoms with E-state index < -0.39 is 9.84 Å². The maximum absolute atomic E-state index is 11.7. The Hall–Kier alpha value is -0.0900. The summed E-state index contributed by atoms with van der Waals surface area (Å²) in [5.41, 5.74) is 0. The highest BCUT2D eigenvalue weighted by atomic mass is 127. The number of guanidine groups is 1. The maximum Gasteiger partial charge on any atom is 0.191 e. The average molecular weight is 513 g/mol. The number of halogens is 1. The van der Waals surface area contributed by atoms with E-state index in [1.165, 1.54) is 25.7 Å². The number of likely N-dealkylation sites (tertiary alicyclic amines) is 1. The van der Waals surface area contributed by atoms with Gasteiger partial charge in [-0.05, 0) is 44.9 Å². The molecule has 0 spiro atoms. The molecule has 27 heavy (non-hydrogen) atoms. The van der Waals surface area contributed by atoms with Gasteiger partial charge in [0.2, 0.25) is 0 Å². The fourth-order valence-electron chi connectivity index (χ4n) is 4.42. The van der Waals surface area contributed by atoms with Crippen molar-refractivity contribution in [1.29, 1.82) is 0 Å². The molecule has 0 aromatic rings. The molecule has 6 nitrogen and oxygen atoms in total. The van der Waals surface area contributed by atoms with Gasteiger partial charge in [0.25, 0.3) is 0 Å². The summed E-state index contributed by atoms with van der Waals surface area (Å²) in [6.45, 7) is 9.57. The average Bonchev–Trinajstić information content (AvgIpc) is 3.27. The van der Waals surface area contributed by atoms with Gasteiger partial charge in [0.15, 0.2) is 15.8 Å². The van der Waals surface area contributed by atoms with Crippen LogP contribution in [0.3, 0.4) is 0 Å². The van der Waals surface area contributed by atoms with E-state index in [0.29, 0.717) is 42.1 Å². The first-order valence-corrected chi connectivity index (χ1v) is 12.2. The predicted octanol–water partition coefficient (Wildman–Crippen LogP) is 2.25. The molecule has 3 fully saturated rings. The molecule has 0 aromatic heterocycles. The van der Waals surface area contributed by atoms with Gasteiger partial charge in [0.05, 0.1) is 11.5 Å². The Kier molecular flexibility index (Phi) is 8.67. The lowest BCUT2D eigenvalue weighted by Gasteiger charge is -2.24. The zero-order chi connectivity index (χ0) is 18.7. The molecular formula is C19H37IN4O2S. The number of hydrogen-bond acceptors (Lipinski definition) is 4. The molecule has 3 aliphatic rings. The first kappa shape index (κ1) is 23.2. The fourth-order valence-corrected chi connectivity index (χ4v) is 6.27. The summed E-state index contributed by atoms with van der Waals surface area (Å²) in [6, 6.07) is 1.47. The first-order valence-electron chi connectivity index (χ1n) is 10.3. The van der Waals surface area contributed by atoms with Gasteiger partial charge in [0.1, 0.15) is 0 Å². The summed E-state index contributed by atoms with van der Waals surface area (Å²) in [5, 5.41) is 7.29. The van der Waals surface area contributed by atoms with E-state index in [0.717, 1.165) is 25.5 Å². The number of sulfone groups is 1. The lowest BCUT2D eigenvalue weighted by atomic mass is 10.1. The van der Waals surface area contributed by atoms with Crippen molar-refractivity contribution in [1.82, 2.24) is 15.5 Å². The Labute approximate surface area is 182 Å². The summed E-state index contributed by atoms with van der Waals surface area (Å²) in [5.74, 6) is 2.28. The highest BCUT2D eigenvalue weighted by molar-refractivity contribution is 14.0. The van der Waals surface area contributed by atoms with E-state index in [2.05, 4.69) is 36.3 Å². The van der Waals surface area contributed by atoms with Crippen LogP contribution in [0.5, 0.6) is 0 Å². The van der Waals surface area contributed by atoms with Gasteiger partial charge in [-0.25, -0.2) is 8.42 Å². The van der Waals surface area contributed by atoms with Crippen LogP contribution in [0.2, 0.25) is 0 Å². The number of aliphatic imine (C=N–C) groups is 1. The molecule has 0 amide bonds. The molecule has 2 N–H and O–H groups in total. The zero-order valence-corrected chi connectivity index (χ0v) is 20.1. The maximum atomic E-state index is 11.7. The van der Waals surface area contributed by atoms with Gasteiger partial charge in [-0.1, -0.05) is 19.8 Å². The quantitative estimate of drug-likeness (QED) is 0.336. The Balaban J connectivity index is 0.00000261. The second-order valence-electron chi connectivity index (χ2n) is 8.86. The fraction of sp³-hybridized carbons (Fsp3) is 0.947. The second kappa shape index (κ2) is 10.1. The van der Waals surface area contributed by atoms with E-state index >= 15 is 0 Å². The van der Waals surface area contributed by atoms with Crippen LogP contribution in [0.1, 0.15) is 52.9 Å². The van der Waals surface area contributed by atoms with Crippen molar-refractivity contribution in [2.75, 3.05) is 31.1 Å². The number of hydrogen-bond donors (Lipinski definition) is 2. The molecule has 2 heterocycles. The second-order valence-corrected chi connectivity index (χ2v) is 11.1. The molecule has 3 unspecified atom stereocenters. The van der Waals surface area contributed by atoms with E-state index in [9.17, 15) is 8.42 Å². The van der Waals surface area contributed by atoms with Gasteiger partial charge >= 0.3 is 0 Å². The molecule has 0 bridgehead atoms. The third-order valence-electron chi connectivity index (χ3n) is 6.22. The Morgan fingerprint density at radius 1 is 1.15 bits per heavy atom. The summed E-state index contributed by atoms with van der Waals surface area (Å²) >= 11 is 0. The van der Waals surface area contributed by atoms with Crippen molar-refractivity contribution in [2.24, 2.45) is 16.8 Å². The normalized spacial score (nSPS) is 32.0. The highest BCUT2D eigenvalue weighted by Crippen LogP contribution is 2.21. The standard InChI is InChI=1S/C19H36N4O2S.HI/c1-14(2)23-11-15(3)18(12-23)22-19(21-17-6-4-5-7-17)20-10-16-8-9-26(24,25)13-16;/h14-18H,4-13H2,1-3H3,(H2,20,21,22);1H. The molecule has 3 rings (SSSR count). The van der Waals surface area contributed by atoms with Crippen molar-refractivity contribution in [2.45, 2.75) is 71.0 Å². The van der Waals surface area contributed by atoms with Crippen LogP contribution in [0, 0.1) is 11.8 Å². The minimum atomic E-state index is -2.83. The molecule has 0 aromatic carbocycles. The van der Waals surface area contributed by atoms with Crippen LogP contribution in [-0.2, 0) is 9.84 Å². The summed E-state index contributed by atoms with van der Waals surface area (Å²) in [6.07, 6.45) is 5.73. The van der Waals surface area contributed by atoms with Crippen LogP contribution in [-0.4, -0.2) is 68.5 Å². The molecule has 3 atom stereocenters. The van der Waals surface area contributed by atoms with Gasteiger partial charge in [-0.2, -0.15) is 0 Å². The van der Waals surface area contributed by atoms with Crippen LogP contribution >= 0.6 is 24.0 Å². The molecule has 0 radical (unpaired) electrons. The third kappa shape index (κ3) is 6.73. The van der Waals surface area contributed by atoms with Gasteiger partial charge in [-0.3, -0.25) is 9.89 Å². The Bertz CT molecular complexity index is 605. The van der Waals surface area contributed by atoms with Crippen molar-refractivity contribution in [3.63, 3.8) is 0 Å². The Morgan fingerprint density at radius 2 is 1.85 bits per heavy atom. The summed E-state index contributed by atoms with van der Waals surface area (Å²) in [7, 11) is -2.83. The van der Waals surface area contributed by atoms with E-state index in [4.69, 9.17) is 4.99 Å². The molecule has 2 saturated heterocycles. The van der Waals surface area contributed by atoms with Crippen molar-refractivity contribution >= 4 is 39.8 Å². The molecular weight excluding hydrogens is 475 g/mol. The predicted molar refractivity (Wildman–Crippen MR) is 123 cm³/mol. The van der Waals surface area contributed by atoms with Gasteiger partial charge in [0, 0.05) is 37.8 Å². The number of nitrogens with one attached hydrogen (secondary N) is 2. The van der Waals surface area contributed by atoms with Crippen LogP contribution < -0.4 is 10.6 Å². The van der Waals surface area contributed by atoms with Crippen LogP contribution in [0.4, 0.5) is 0 Å². The number of rotatable bonds is 5. The van der Waals surface area contributed by atoms with Gasteiger partial charge < -0.3 is 10.6 Å². The van der Waals surface area contributed by atoms with Crippen molar-refractivity contribution in [3.05, 3.63) is 0 Å². The van der Waals surface area contributed by atoms with E-state index in [1.54, 1.807) is 0 Å². The SMILES string of the molecule is CC1CN(C(C)C)CC1NC(=NCC1CCS(=O)(=O)C1)NC1CCCC1.I. The largest absolute Gasteiger partial charge is 0.354 e. The van der Waals surface area contributed by atoms with Gasteiger partial charge in [-0.15, -0.1) is 24.0 Å². The lowest BCUT2D eigenvalue weighted by Crippen LogP contribution is -2.49. The molecule has 1 aliphatic carbocycles. The van der Waals surface area contributed by atoms with Crippen molar-refractivity contribution < 1.29 is 8.42 Å². The van der Waals surface area contributed by atoms with E-state index in [1.807, 2.05) is 0 Å². The van der Waals surface area contributed by atoms with Crippen molar-refractivity contribution in [3.8, 4) is 0 Å². The monoisotopic (exact) mass is 512 g/mol. The molecule has 158 valence electrons. The topological polar surface area (TPSA) is 73.8 Å². The summed E-state index contributed by atoms with van der Waals surface area (Å²) in [4.78, 5) is 7.33. The zero-order valence-electron chi connectivity index (χ0n) is 17.0. The lowest BCUT2D eigenvalue weighted by molar-refractivity contribution is 0.265. The summed E-state index contributed by atoms with van der Waals surface area (Å²) < 4.78 is 23.4. The minimum Gasteiger partial charge on any atom is -0.354 e. The highest BCUT2D eigenvalue weighted by Gasteiger charge is 2.32. The smallest absolute Gasteiger partial charge is 0.191 e. The number of nitrogens with zero attached hydrogens (tertiary/aromatic N) is 2. The first-order chi connectivity index (χ1) is 12.3. The van der Waals surface area contributed by atoms with E-state index in [-0.39, 0.29) is 29.9 Å².